The molecule has 0 aromatic carbocycles. The maximum Gasteiger partial charge on any atom is -0.0195 e. The lowest BCUT2D eigenvalue weighted by Gasteiger charge is -2.05. The Bertz CT molecular complexity index is 93.3. The number of rotatable bonds is 3. The first kappa shape index (κ1) is 18.5. The minimum Gasteiger partial charge on any atom is -0.333 e. The molecule has 0 saturated heterocycles. The summed E-state index contributed by atoms with van der Waals surface area (Å²) in [5, 5.41) is 0. The third-order valence-corrected chi connectivity index (χ3v) is 1.53. The van der Waals surface area contributed by atoms with E-state index in [1.165, 1.54) is 19.9 Å². The third-order valence-electron chi connectivity index (χ3n) is 1.53. The number of hydrogen-bond acceptors (Lipinski definition) is 1. The summed E-state index contributed by atoms with van der Waals surface area (Å²) in [5.74, 6) is 0.816. The summed E-state index contributed by atoms with van der Waals surface area (Å²) >= 11 is 0. The van der Waals surface area contributed by atoms with Gasteiger partial charge >= 0.3 is 0 Å². The summed E-state index contributed by atoms with van der Waals surface area (Å²) in [6.45, 7) is 12.9. The molecule has 0 heterocycles. The Morgan fingerprint density at radius 2 is 1.62 bits per heavy atom. The van der Waals surface area contributed by atoms with Gasteiger partial charge in [0.15, 0.2) is 0 Å². The summed E-state index contributed by atoms with van der Waals surface area (Å²) < 4.78 is 0. The second kappa shape index (κ2) is 17.7. The van der Waals surface area contributed by atoms with Crippen molar-refractivity contribution < 1.29 is 0 Å². The summed E-state index contributed by atoms with van der Waals surface area (Å²) in [6.07, 6.45) is 4.72. The Morgan fingerprint density at radius 1 is 1.23 bits per heavy atom. The molecule has 0 fully saturated rings. The van der Waals surface area contributed by atoms with Gasteiger partial charge in [0.25, 0.3) is 0 Å². The normalized spacial score (nSPS) is 9.77. The summed E-state index contributed by atoms with van der Waals surface area (Å²) in [5.41, 5.74) is 6.09. The highest BCUT2D eigenvalue weighted by Gasteiger charge is 1.95. The molecule has 0 aromatic heterocycles. The van der Waals surface area contributed by atoms with Crippen LogP contribution in [0.25, 0.3) is 0 Å². The first-order valence-corrected chi connectivity index (χ1v) is 5.42. The van der Waals surface area contributed by atoms with Crippen LogP contribution >= 0.6 is 0 Å². The largest absolute Gasteiger partial charge is 0.333 e. The fraction of sp³-hybridized carbons (Fsp3) is 0.833. The van der Waals surface area contributed by atoms with Gasteiger partial charge in [-0.1, -0.05) is 46.3 Å². The van der Waals surface area contributed by atoms with Crippen molar-refractivity contribution in [2.24, 2.45) is 11.7 Å². The van der Waals surface area contributed by atoms with Crippen molar-refractivity contribution in [3.05, 3.63) is 11.6 Å². The van der Waals surface area contributed by atoms with Gasteiger partial charge in [0.05, 0.1) is 0 Å². The molecule has 0 aliphatic carbocycles. The van der Waals surface area contributed by atoms with E-state index in [1.807, 2.05) is 13.8 Å². The van der Waals surface area contributed by atoms with E-state index in [0.717, 1.165) is 5.92 Å². The highest BCUT2D eigenvalue weighted by atomic mass is 14.4. The predicted octanol–water partition coefficient (Wildman–Crippen LogP) is 3.99. The Hall–Kier alpha value is -0.300. The zero-order chi connectivity index (χ0) is 11.3. The van der Waals surface area contributed by atoms with Gasteiger partial charge in [-0.2, -0.15) is 0 Å². The van der Waals surface area contributed by atoms with E-state index < -0.39 is 0 Å². The Balaban J connectivity index is -0.000000218. The van der Waals surface area contributed by atoms with Gasteiger partial charge in [0.1, 0.15) is 0 Å². The van der Waals surface area contributed by atoms with E-state index in [2.05, 4.69) is 39.5 Å². The molecule has 0 unspecified atom stereocenters. The average molecular weight is 187 g/mol. The predicted molar refractivity (Wildman–Crippen MR) is 65.0 cm³/mol. The van der Waals surface area contributed by atoms with Gasteiger partial charge in [-0.05, 0) is 32.7 Å². The van der Waals surface area contributed by atoms with E-state index in [1.54, 1.807) is 5.57 Å². The van der Waals surface area contributed by atoms with E-state index in [0.29, 0.717) is 0 Å². The Labute approximate surface area is 85.4 Å². The van der Waals surface area contributed by atoms with Crippen molar-refractivity contribution in [3.63, 3.8) is 0 Å². The molecule has 0 rings (SSSR count). The zero-order valence-corrected chi connectivity index (χ0v) is 10.6. The van der Waals surface area contributed by atoms with Crippen LogP contribution in [-0.4, -0.2) is 7.05 Å². The molecular formula is C12H29N. The average Bonchev–Trinajstić information content (AvgIpc) is 2.20. The van der Waals surface area contributed by atoms with Gasteiger partial charge in [-0.25, -0.2) is 0 Å². The number of hydrogen-bond donors (Lipinski definition) is 1. The van der Waals surface area contributed by atoms with Crippen LogP contribution in [0.1, 0.15) is 54.4 Å². The first-order valence-electron chi connectivity index (χ1n) is 5.42. The van der Waals surface area contributed by atoms with Crippen molar-refractivity contribution in [3.8, 4) is 0 Å². The molecule has 0 aromatic rings. The molecule has 2 N–H and O–H groups in total. The molecule has 1 nitrogen and oxygen atoms in total. The van der Waals surface area contributed by atoms with E-state index in [9.17, 15) is 0 Å². The summed E-state index contributed by atoms with van der Waals surface area (Å²) in [7, 11) is 1.50. The van der Waals surface area contributed by atoms with Gasteiger partial charge in [0, 0.05) is 0 Å². The number of nitrogens with two attached hydrogens (primary N) is 1. The van der Waals surface area contributed by atoms with Crippen LogP contribution in [0.4, 0.5) is 0 Å². The van der Waals surface area contributed by atoms with Crippen LogP contribution in [0.5, 0.6) is 0 Å². The second-order valence-corrected chi connectivity index (χ2v) is 2.90. The Morgan fingerprint density at radius 3 is 1.69 bits per heavy atom. The minimum atomic E-state index is 0.816. The molecule has 0 aliphatic rings. The van der Waals surface area contributed by atoms with E-state index in [4.69, 9.17) is 0 Å². The second-order valence-electron chi connectivity index (χ2n) is 2.90. The van der Waals surface area contributed by atoms with Gasteiger partial charge in [0.2, 0.25) is 0 Å². The van der Waals surface area contributed by atoms with E-state index in [-0.39, 0.29) is 0 Å². The van der Waals surface area contributed by atoms with Crippen molar-refractivity contribution in [2.45, 2.75) is 54.4 Å². The highest BCUT2D eigenvalue weighted by Crippen LogP contribution is 2.12. The summed E-state index contributed by atoms with van der Waals surface area (Å²) in [4.78, 5) is 0. The van der Waals surface area contributed by atoms with Crippen LogP contribution in [-0.2, 0) is 0 Å². The molecule has 0 saturated carbocycles. The minimum absolute atomic E-state index is 0.816. The van der Waals surface area contributed by atoms with Crippen LogP contribution in [0.15, 0.2) is 11.6 Å². The molecule has 0 spiro atoms. The lowest BCUT2D eigenvalue weighted by Crippen LogP contribution is -1.89. The number of allylic oxidation sites excluding steroid dienone is 2. The SMILES string of the molecule is C/C=C(/CC)CC(C)C.CC.CN. The Kier molecular flexibility index (Phi) is 25.2. The molecule has 0 atom stereocenters. The van der Waals surface area contributed by atoms with Crippen LogP contribution in [0.2, 0.25) is 0 Å². The van der Waals surface area contributed by atoms with Crippen molar-refractivity contribution in [1.29, 1.82) is 0 Å². The molecule has 1 heteroatoms. The standard InChI is InChI=1S/C9H18.C2H6.CH5N/c1-5-9(6-2)7-8(3)4;2*1-2/h5,8H,6-7H2,1-4H3;1-2H3;2H2,1H3/b9-5-;;. The molecule has 82 valence electrons. The van der Waals surface area contributed by atoms with Crippen molar-refractivity contribution in [1.82, 2.24) is 0 Å². The first-order chi connectivity index (χ1) is 6.20. The monoisotopic (exact) mass is 187 g/mol. The lowest BCUT2D eigenvalue weighted by atomic mass is 10.0. The van der Waals surface area contributed by atoms with Gasteiger partial charge < -0.3 is 5.73 Å². The van der Waals surface area contributed by atoms with Gasteiger partial charge in [-0.15, -0.1) is 0 Å². The van der Waals surface area contributed by atoms with Crippen molar-refractivity contribution >= 4 is 0 Å². The fourth-order valence-electron chi connectivity index (χ4n) is 0.991. The van der Waals surface area contributed by atoms with E-state index >= 15 is 0 Å². The summed E-state index contributed by atoms with van der Waals surface area (Å²) in [6, 6.07) is 0. The quantitative estimate of drug-likeness (QED) is 0.664. The maximum atomic E-state index is 4.50. The molecular weight excluding hydrogens is 158 g/mol. The smallest absolute Gasteiger partial charge is 0.0195 e. The fourth-order valence-corrected chi connectivity index (χ4v) is 0.991. The molecule has 0 bridgehead atoms. The van der Waals surface area contributed by atoms with Crippen LogP contribution in [0, 0.1) is 5.92 Å². The highest BCUT2D eigenvalue weighted by molar-refractivity contribution is 4.99. The zero-order valence-electron chi connectivity index (χ0n) is 10.6. The van der Waals surface area contributed by atoms with Crippen LogP contribution < -0.4 is 5.73 Å². The molecule has 0 aliphatic heterocycles. The molecule has 13 heavy (non-hydrogen) atoms. The topological polar surface area (TPSA) is 26.0 Å². The van der Waals surface area contributed by atoms with Crippen LogP contribution in [0.3, 0.4) is 0 Å². The molecule has 0 radical (unpaired) electrons. The van der Waals surface area contributed by atoms with Crippen molar-refractivity contribution in [2.75, 3.05) is 7.05 Å². The maximum absolute atomic E-state index is 4.50. The third kappa shape index (κ3) is 18.6. The lowest BCUT2D eigenvalue weighted by molar-refractivity contribution is 0.629. The van der Waals surface area contributed by atoms with Gasteiger partial charge in [-0.3, -0.25) is 0 Å². The molecule has 0 amide bonds.